The summed E-state index contributed by atoms with van der Waals surface area (Å²) in [6.45, 7) is 4.64. The third kappa shape index (κ3) is 3.23. The average Bonchev–Trinajstić information content (AvgIpc) is 2.84. The molecular weight excluding hydrogens is 242 g/mol. The van der Waals surface area contributed by atoms with Gasteiger partial charge < -0.3 is 15.3 Å². The van der Waals surface area contributed by atoms with Crippen LogP contribution >= 0.6 is 0 Å². The molecule has 0 unspecified atom stereocenters. The van der Waals surface area contributed by atoms with Crippen molar-refractivity contribution in [2.75, 3.05) is 32.0 Å². The van der Waals surface area contributed by atoms with Crippen LogP contribution in [0, 0.1) is 0 Å². The van der Waals surface area contributed by atoms with Gasteiger partial charge in [0.15, 0.2) is 0 Å². The number of aryl methyl sites for hydroxylation is 2. The number of hydrogen-bond donors (Lipinski definition) is 2. The summed E-state index contributed by atoms with van der Waals surface area (Å²) in [7, 11) is 2.04. The Morgan fingerprint density at radius 2 is 2.32 bits per heavy atom. The summed E-state index contributed by atoms with van der Waals surface area (Å²) in [5, 5.41) is 12.4. The number of hydrogen-bond acceptors (Lipinski definition) is 4. The molecule has 0 atom stereocenters. The average molecular weight is 263 g/mol. The fraction of sp³-hybridized carbons (Fsp3) is 0.571. The molecule has 0 fully saturated rings. The highest BCUT2D eigenvalue weighted by Crippen LogP contribution is 2.25. The highest BCUT2D eigenvalue weighted by Gasteiger charge is 2.19. The number of carboxylic acids is 1. The van der Waals surface area contributed by atoms with Crippen molar-refractivity contribution in [2.45, 2.75) is 26.2 Å². The summed E-state index contributed by atoms with van der Waals surface area (Å²) < 4.78 is 0. The molecule has 0 radical (unpaired) electrons. The number of rotatable bonds is 6. The standard InChI is InChI=1S/C14H21N3O2/c1-3-17(2)8-7-15-13-11(14(18)19)9-10-5-4-6-12(10)16-13/h9H,3-8H2,1-2H3,(H,15,16)(H,18,19). The molecule has 19 heavy (non-hydrogen) atoms. The minimum Gasteiger partial charge on any atom is -0.478 e. The number of anilines is 1. The Morgan fingerprint density at radius 3 is 3.00 bits per heavy atom. The molecule has 1 aliphatic rings. The number of pyridine rings is 1. The first-order valence-corrected chi connectivity index (χ1v) is 6.80. The molecule has 5 heteroatoms. The van der Waals surface area contributed by atoms with Gasteiger partial charge in [0, 0.05) is 18.8 Å². The summed E-state index contributed by atoms with van der Waals surface area (Å²) in [4.78, 5) is 17.9. The lowest BCUT2D eigenvalue weighted by atomic mass is 10.1. The van der Waals surface area contributed by atoms with Crippen LogP contribution < -0.4 is 5.32 Å². The lowest BCUT2D eigenvalue weighted by Crippen LogP contribution is -2.25. The van der Waals surface area contributed by atoms with Crippen molar-refractivity contribution in [1.82, 2.24) is 9.88 Å². The van der Waals surface area contributed by atoms with Crippen molar-refractivity contribution >= 4 is 11.8 Å². The van der Waals surface area contributed by atoms with Gasteiger partial charge in [0.1, 0.15) is 11.4 Å². The van der Waals surface area contributed by atoms with Crippen molar-refractivity contribution in [3.8, 4) is 0 Å². The second kappa shape index (κ2) is 6.02. The number of aromatic nitrogens is 1. The Kier molecular flexibility index (Phi) is 4.37. The Bertz CT molecular complexity index is 474. The summed E-state index contributed by atoms with van der Waals surface area (Å²) in [5.41, 5.74) is 2.43. The summed E-state index contributed by atoms with van der Waals surface area (Å²) in [6.07, 6.45) is 2.98. The smallest absolute Gasteiger partial charge is 0.339 e. The molecule has 5 nitrogen and oxygen atoms in total. The van der Waals surface area contributed by atoms with Gasteiger partial charge in [-0.1, -0.05) is 6.92 Å². The maximum Gasteiger partial charge on any atom is 0.339 e. The molecule has 0 spiro atoms. The lowest BCUT2D eigenvalue weighted by molar-refractivity contribution is 0.0697. The van der Waals surface area contributed by atoms with Crippen molar-refractivity contribution in [3.63, 3.8) is 0 Å². The van der Waals surface area contributed by atoms with Crippen LogP contribution in [0.3, 0.4) is 0 Å². The van der Waals surface area contributed by atoms with Gasteiger partial charge in [0.05, 0.1) is 0 Å². The third-order valence-electron chi connectivity index (χ3n) is 3.61. The number of nitrogens with zero attached hydrogens (tertiary/aromatic N) is 2. The zero-order valence-electron chi connectivity index (χ0n) is 11.6. The van der Waals surface area contributed by atoms with Crippen LogP contribution in [0.2, 0.25) is 0 Å². The van der Waals surface area contributed by atoms with Gasteiger partial charge >= 0.3 is 5.97 Å². The molecular formula is C14H21N3O2. The van der Waals surface area contributed by atoms with E-state index in [0.29, 0.717) is 17.9 Å². The maximum absolute atomic E-state index is 11.3. The summed E-state index contributed by atoms with van der Waals surface area (Å²) in [6, 6.07) is 1.78. The van der Waals surface area contributed by atoms with E-state index in [0.717, 1.165) is 43.6 Å². The highest BCUT2D eigenvalue weighted by molar-refractivity contribution is 5.93. The van der Waals surface area contributed by atoms with Gasteiger partial charge in [-0.05, 0) is 44.5 Å². The highest BCUT2D eigenvalue weighted by atomic mass is 16.4. The molecule has 0 saturated carbocycles. The minimum atomic E-state index is -0.909. The van der Waals surface area contributed by atoms with E-state index in [-0.39, 0.29) is 0 Å². The lowest BCUT2D eigenvalue weighted by Gasteiger charge is -2.15. The Labute approximate surface area is 113 Å². The first-order valence-electron chi connectivity index (χ1n) is 6.80. The molecule has 0 saturated heterocycles. The number of likely N-dealkylation sites (N-methyl/N-ethyl adjacent to an activating group) is 1. The van der Waals surface area contributed by atoms with E-state index in [1.54, 1.807) is 6.07 Å². The molecule has 1 aliphatic carbocycles. The molecule has 1 aromatic heterocycles. The van der Waals surface area contributed by atoms with Crippen molar-refractivity contribution in [3.05, 3.63) is 22.9 Å². The van der Waals surface area contributed by atoms with E-state index in [2.05, 4.69) is 22.1 Å². The number of nitrogens with one attached hydrogen (secondary N) is 1. The molecule has 0 aliphatic heterocycles. The van der Waals surface area contributed by atoms with Crippen LogP contribution in [0.4, 0.5) is 5.82 Å². The van der Waals surface area contributed by atoms with Gasteiger partial charge in [0.2, 0.25) is 0 Å². The summed E-state index contributed by atoms with van der Waals surface area (Å²) >= 11 is 0. The SMILES string of the molecule is CCN(C)CCNc1nc2c(cc1C(=O)O)CCC2. The van der Waals surface area contributed by atoms with E-state index in [9.17, 15) is 9.90 Å². The van der Waals surface area contributed by atoms with E-state index < -0.39 is 5.97 Å². The molecule has 104 valence electrons. The predicted octanol–water partition coefficient (Wildman–Crippen LogP) is 1.63. The van der Waals surface area contributed by atoms with Gasteiger partial charge in [0.25, 0.3) is 0 Å². The van der Waals surface area contributed by atoms with Crippen LogP contribution in [-0.4, -0.2) is 47.6 Å². The van der Waals surface area contributed by atoms with E-state index >= 15 is 0 Å². The van der Waals surface area contributed by atoms with Crippen LogP contribution in [0.5, 0.6) is 0 Å². The van der Waals surface area contributed by atoms with Gasteiger partial charge in [-0.25, -0.2) is 9.78 Å². The molecule has 0 bridgehead atoms. The molecule has 2 rings (SSSR count). The zero-order chi connectivity index (χ0) is 13.8. The molecule has 0 amide bonds. The Balaban J connectivity index is 2.12. The van der Waals surface area contributed by atoms with E-state index in [1.165, 1.54) is 0 Å². The summed E-state index contributed by atoms with van der Waals surface area (Å²) in [5.74, 6) is -0.397. The fourth-order valence-corrected chi connectivity index (χ4v) is 2.29. The minimum absolute atomic E-state index is 0.291. The zero-order valence-corrected chi connectivity index (χ0v) is 11.6. The maximum atomic E-state index is 11.3. The first kappa shape index (κ1) is 13.8. The molecule has 1 aromatic rings. The van der Waals surface area contributed by atoms with Crippen molar-refractivity contribution in [1.29, 1.82) is 0 Å². The normalized spacial score (nSPS) is 13.6. The number of carbonyl (C=O) groups is 1. The Morgan fingerprint density at radius 1 is 1.53 bits per heavy atom. The molecule has 0 aromatic carbocycles. The predicted molar refractivity (Wildman–Crippen MR) is 74.9 cm³/mol. The molecule has 1 heterocycles. The van der Waals surface area contributed by atoms with Crippen molar-refractivity contribution < 1.29 is 9.90 Å². The number of aromatic carboxylic acids is 1. The van der Waals surface area contributed by atoms with Gasteiger partial charge in [-0.2, -0.15) is 0 Å². The number of carboxylic acid groups (broad SMARTS) is 1. The molecule has 2 N–H and O–H groups in total. The fourth-order valence-electron chi connectivity index (χ4n) is 2.29. The monoisotopic (exact) mass is 263 g/mol. The second-order valence-corrected chi connectivity index (χ2v) is 4.97. The quantitative estimate of drug-likeness (QED) is 0.816. The topological polar surface area (TPSA) is 65.5 Å². The van der Waals surface area contributed by atoms with E-state index in [1.807, 2.05) is 7.05 Å². The Hall–Kier alpha value is -1.62. The van der Waals surface area contributed by atoms with Crippen LogP contribution in [0.25, 0.3) is 0 Å². The van der Waals surface area contributed by atoms with Crippen LogP contribution in [0.1, 0.15) is 35.0 Å². The van der Waals surface area contributed by atoms with Crippen molar-refractivity contribution in [2.24, 2.45) is 0 Å². The van der Waals surface area contributed by atoms with Crippen LogP contribution in [0.15, 0.2) is 6.07 Å². The second-order valence-electron chi connectivity index (χ2n) is 4.97. The van der Waals surface area contributed by atoms with Gasteiger partial charge in [-0.15, -0.1) is 0 Å². The van der Waals surface area contributed by atoms with Gasteiger partial charge in [-0.3, -0.25) is 0 Å². The third-order valence-corrected chi connectivity index (χ3v) is 3.61. The number of fused-ring (bicyclic) bond motifs is 1. The van der Waals surface area contributed by atoms with E-state index in [4.69, 9.17) is 0 Å². The van der Waals surface area contributed by atoms with Crippen LogP contribution in [-0.2, 0) is 12.8 Å². The largest absolute Gasteiger partial charge is 0.478 e. The first-order chi connectivity index (χ1) is 9.11.